The summed E-state index contributed by atoms with van der Waals surface area (Å²) in [5, 5.41) is 10.1. The number of nitrogens with zero attached hydrogens (tertiary/aromatic N) is 3. The van der Waals surface area contributed by atoms with Gasteiger partial charge in [0.25, 0.3) is 0 Å². The number of rotatable bonds is 3. The fourth-order valence-corrected chi connectivity index (χ4v) is 5.29. The van der Waals surface area contributed by atoms with Gasteiger partial charge in [0.2, 0.25) is 0 Å². The van der Waals surface area contributed by atoms with Gasteiger partial charge in [0, 0.05) is 11.3 Å². The Labute approximate surface area is 140 Å². The Kier molecular flexibility index (Phi) is 4.14. The number of halogens is 1. The molecule has 0 bridgehead atoms. The first-order valence-electron chi connectivity index (χ1n) is 8.59. The maximum atomic E-state index is 13.6. The van der Waals surface area contributed by atoms with Gasteiger partial charge >= 0.3 is 0 Å². The third kappa shape index (κ3) is 2.91. The van der Waals surface area contributed by atoms with Gasteiger partial charge < -0.3 is 4.57 Å². The maximum absolute atomic E-state index is 13.6. The number of thioether (sulfide) groups is 1. The van der Waals surface area contributed by atoms with E-state index in [4.69, 9.17) is 0 Å². The maximum Gasteiger partial charge on any atom is 0.192 e. The lowest BCUT2D eigenvalue weighted by Gasteiger charge is -2.25. The molecule has 0 aliphatic heterocycles. The molecule has 3 nitrogen and oxygen atoms in total. The average molecular weight is 331 g/mol. The second-order valence-electron chi connectivity index (χ2n) is 6.68. The van der Waals surface area contributed by atoms with Crippen molar-refractivity contribution < 1.29 is 4.39 Å². The number of hydrogen-bond donors (Lipinski definition) is 0. The quantitative estimate of drug-likeness (QED) is 0.792. The second-order valence-corrected chi connectivity index (χ2v) is 7.85. The van der Waals surface area contributed by atoms with Gasteiger partial charge in [-0.3, -0.25) is 0 Å². The van der Waals surface area contributed by atoms with E-state index in [1.54, 1.807) is 23.9 Å². The van der Waals surface area contributed by atoms with Gasteiger partial charge in [-0.1, -0.05) is 37.1 Å². The summed E-state index contributed by atoms with van der Waals surface area (Å²) < 4.78 is 15.9. The van der Waals surface area contributed by atoms with Crippen LogP contribution in [-0.2, 0) is 6.42 Å². The summed E-state index contributed by atoms with van der Waals surface area (Å²) in [6.45, 7) is 2.05. The van der Waals surface area contributed by atoms with Crippen molar-refractivity contribution >= 4 is 11.8 Å². The Balaban J connectivity index is 1.60. The molecule has 1 saturated carbocycles. The number of benzene rings is 1. The Bertz CT molecular complexity index is 706. The molecule has 1 atom stereocenters. The molecule has 1 fully saturated rings. The van der Waals surface area contributed by atoms with Crippen LogP contribution in [-0.4, -0.2) is 14.8 Å². The predicted octanol–water partition coefficient (Wildman–Crippen LogP) is 5.01. The predicted molar refractivity (Wildman–Crippen MR) is 90.2 cm³/mol. The minimum Gasteiger partial charge on any atom is -0.303 e. The Morgan fingerprint density at radius 1 is 1.13 bits per heavy atom. The molecule has 2 aromatic rings. The van der Waals surface area contributed by atoms with Crippen LogP contribution in [0.1, 0.15) is 66.8 Å². The minimum atomic E-state index is -0.138. The lowest BCUT2D eigenvalue weighted by atomic mass is 9.95. The van der Waals surface area contributed by atoms with Gasteiger partial charge in [-0.2, -0.15) is 0 Å². The molecule has 5 heteroatoms. The zero-order chi connectivity index (χ0) is 15.8. The van der Waals surface area contributed by atoms with Crippen molar-refractivity contribution in [2.24, 2.45) is 0 Å². The summed E-state index contributed by atoms with van der Waals surface area (Å²) in [7, 11) is 0. The number of aromatic nitrogens is 3. The van der Waals surface area contributed by atoms with Gasteiger partial charge in [0.1, 0.15) is 11.6 Å². The standard InChI is InChI=1S/C18H22FN3S/c1-12-20-21-18(22(12)15-5-3-2-4-6-15)23-17-10-8-13-7-9-14(19)11-16(13)17/h7,9,11,15,17H,2-6,8,10H2,1H3/t17-/m1/s1. The first kappa shape index (κ1) is 15.2. The third-order valence-corrected chi connectivity index (χ3v) is 6.42. The molecule has 0 radical (unpaired) electrons. The van der Waals surface area contributed by atoms with E-state index >= 15 is 0 Å². The summed E-state index contributed by atoms with van der Waals surface area (Å²) in [5.74, 6) is 0.873. The first-order valence-corrected chi connectivity index (χ1v) is 9.47. The highest BCUT2D eigenvalue weighted by atomic mass is 32.2. The second kappa shape index (κ2) is 6.27. The van der Waals surface area contributed by atoms with E-state index in [0.717, 1.165) is 29.4 Å². The van der Waals surface area contributed by atoms with Crippen molar-refractivity contribution in [3.8, 4) is 0 Å². The van der Waals surface area contributed by atoms with E-state index < -0.39 is 0 Å². The molecule has 2 aliphatic rings. The van der Waals surface area contributed by atoms with Crippen LogP contribution in [0.5, 0.6) is 0 Å². The minimum absolute atomic E-state index is 0.138. The van der Waals surface area contributed by atoms with Gasteiger partial charge in [0.15, 0.2) is 5.16 Å². The van der Waals surface area contributed by atoms with E-state index in [9.17, 15) is 4.39 Å². The first-order chi connectivity index (χ1) is 11.2. The lowest BCUT2D eigenvalue weighted by Crippen LogP contribution is -2.15. The smallest absolute Gasteiger partial charge is 0.192 e. The molecule has 0 unspecified atom stereocenters. The Morgan fingerprint density at radius 3 is 2.78 bits per heavy atom. The molecule has 1 heterocycles. The van der Waals surface area contributed by atoms with Crippen LogP contribution in [0.3, 0.4) is 0 Å². The SMILES string of the molecule is Cc1nnc(S[C@@H]2CCc3ccc(F)cc32)n1C1CCCCC1. The monoisotopic (exact) mass is 331 g/mol. The van der Waals surface area contributed by atoms with Crippen LogP contribution in [0.25, 0.3) is 0 Å². The van der Waals surface area contributed by atoms with Crippen molar-refractivity contribution in [1.29, 1.82) is 0 Å². The van der Waals surface area contributed by atoms with Crippen molar-refractivity contribution in [3.05, 3.63) is 41.0 Å². The molecular formula is C18H22FN3S. The summed E-state index contributed by atoms with van der Waals surface area (Å²) in [6, 6.07) is 5.74. The van der Waals surface area contributed by atoms with Crippen molar-refractivity contribution in [2.45, 2.75) is 68.3 Å². The van der Waals surface area contributed by atoms with Crippen LogP contribution in [0, 0.1) is 12.7 Å². The van der Waals surface area contributed by atoms with Gasteiger partial charge in [-0.05, 0) is 55.9 Å². The molecule has 122 valence electrons. The Hall–Kier alpha value is -1.36. The van der Waals surface area contributed by atoms with Crippen molar-refractivity contribution in [2.75, 3.05) is 0 Å². The largest absolute Gasteiger partial charge is 0.303 e. The molecule has 4 rings (SSSR count). The highest BCUT2D eigenvalue weighted by Crippen LogP contribution is 2.45. The fraction of sp³-hybridized carbons (Fsp3) is 0.556. The number of aryl methyl sites for hydroxylation is 2. The van der Waals surface area contributed by atoms with E-state index in [-0.39, 0.29) is 5.82 Å². The highest BCUT2D eigenvalue weighted by Gasteiger charge is 2.28. The molecule has 0 amide bonds. The van der Waals surface area contributed by atoms with Gasteiger partial charge in [-0.25, -0.2) is 4.39 Å². The van der Waals surface area contributed by atoms with E-state index in [1.165, 1.54) is 37.7 Å². The molecule has 0 N–H and O–H groups in total. The summed E-state index contributed by atoms with van der Waals surface area (Å²) in [6.07, 6.45) is 8.47. The molecule has 23 heavy (non-hydrogen) atoms. The van der Waals surface area contributed by atoms with E-state index in [2.05, 4.69) is 14.8 Å². The number of fused-ring (bicyclic) bond motifs is 1. The molecular weight excluding hydrogens is 309 g/mol. The lowest BCUT2D eigenvalue weighted by molar-refractivity contribution is 0.331. The van der Waals surface area contributed by atoms with Gasteiger partial charge in [0.05, 0.1) is 0 Å². The van der Waals surface area contributed by atoms with E-state index in [0.29, 0.717) is 11.3 Å². The van der Waals surface area contributed by atoms with Crippen LogP contribution >= 0.6 is 11.8 Å². The van der Waals surface area contributed by atoms with E-state index in [1.807, 2.05) is 13.0 Å². The van der Waals surface area contributed by atoms with Crippen molar-refractivity contribution in [3.63, 3.8) is 0 Å². The van der Waals surface area contributed by atoms with Crippen LogP contribution in [0.15, 0.2) is 23.4 Å². The summed E-state index contributed by atoms with van der Waals surface area (Å²) in [5.41, 5.74) is 2.43. The molecule has 0 spiro atoms. The molecule has 1 aromatic carbocycles. The van der Waals surface area contributed by atoms with Crippen molar-refractivity contribution in [1.82, 2.24) is 14.8 Å². The summed E-state index contributed by atoms with van der Waals surface area (Å²) >= 11 is 1.77. The van der Waals surface area contributed by atoms with Crippen LogP contribution in [0.4, 0.5) is 4.39 Å². The topological polar surface area (TPSA) is 30.7 Å². The fourth-order valence-electron chi connectivity index (χ4n) is 3.97. The van der Waals surface area contributed by atoms with Gasteiger partial charge in [-0.15, -0.1) is 10.2 Å². The third-order valence-electron chi connectivity index (χ3n) is 5.15. The highest BCUT2D eigenvalue weighted by molar-refractivity contribution is 7.99. The zero-order valence-electron chi connectivity index (χ0n) is 13.5. The molecule has 2 aliphatic carbocycles. The molecule has 1 aromatic heterocycles. The average Bonchev–Trinajstić information content (AvgIpc) is 3.12. The Morgan fingerprint density at radius 2 is 1.96 bits per heavy atom. The van der Waals surface area contributed by atoms with Crippen LogP contribution in [0.2, 0.25) is 0 Å². The molecule has 0 saturated heterocycles. The van der Waals surface area contributed by atoms with Crippen LogP contribution < -0.4 is 0 Å². The normalized spacial score (nSPS) is 21.6. The summed E-state index contributed by atoms with van der Waals surface area (Å²) in [4.78, 5) is 0. The number of hydrogen-bond acceptors (Lipinski definition) is 3. The zero-order valence-corrected chi connectivity index (χ0v) is 14.3.